The van der Waals surface area contributed by atoms with Gasteiger partial charge in [-0.3, -0.25) is 4.79 Å². The quantitative estimate of drug-likeness (QED) is 0.708. The zero-order valence-electron chi connectivity index (χ0n) is 12.0. The number of fused-ring (bicyclic) bond motifs is 1. The molecule has 3 aromatic rings. The van der Waals surface area contributed by atoms with E-state index in [0.717, 1.165) is 17.4 Å². The first-order chi connectivity index (χ1) is 10.5. The highest BCUT2D eigenvalue weighted by atomic mass is 35.5. The molecule has 0 aliphatic heterocycles. The lowest BCUT2D eigenvalue weighted by Crippen LogP contribution is -1.92. The highest BCUT2D eigenvalue weighted by molar-refractivity contribution is 6.31. The molecule has 0 aliphatic rings. The number of benzene rings is 2. The van der Waals surface area contributed by atoms with Crippen LogP contribution in [0.15, 0.2) is 30.3 Å². The van der Waals surface area contributed by atoms with Crippen molar-refractivity contribution < 1.29 is 13.9 Å². The van der Waals surface area contributed by atoms with Gasteiger partial charge in [0.25, 0.3) is 0 Å². The number of aldehydes is 1. The Balaban J connectivity index is 2.39. The van der Waals surface area contributed by atoms with E-state index in [2.05, 4.69) is 4.98 Å². The molecular formula is C17H13ClFNO2. The molecule has 0 spiro atoms. The van der Waals surface area contributed by atoms with E-state index in [-0.39, 0.29) is 0 Å². The maximum Gasteiger partial charge on any atom is 0.152 e. The normalized spacial score (nSPS) is 10.9. The first kappa shape index (κ1) is 14.6. The van der Waals surface area contributed by atoms with E-state index in [0.29, 0.717) is 33.0 Å². The molecule has 0 radical (unpaired) electrons. The number of methoxy groups -OCH3 is 1. The molecule has 3 rings (SSSR count). The van der Waals surface area contributed by atoms with Gasteiger partial charge in [0.05, 0.1) is 12.8 Å². The maximum atomic E-state index is 13.6. The van der Waals surface area contributed by atoms with Crippen molar-refractivity contribution in [2.24, 2.45) is 0 Å². The number of hydrogen-bond donors (Lipinski definition) is 1. The molecule has 0 saturated carbocycles. The molecule has 0 aliphatic carbocycles. The zero-order valence-corrected chi connectivity index (χ0v) is 12.8. The molecule has 0 saturated heterocycles. The Bertz CT molecular complexity index is 886. The topological polar surface area (TPSA) is 42.1 Å². The first-order valence-corrected chi connectivity index (χ1v) is 7.04. The van der Waals surface area contributed by atoms with Crippen molar-refractivity contribution in [2.45, 2.75) is 6.92 Å². The molecule has 2 aromatic carbocycles. The van der Waals surface area contributed by atoms with Gasteiger partial charge in [0.2, 0.25) is 0 Å². The van der Waals surface area contributed by atoms with Crippen LogP contribution in [-0.4, -0.2) is 18.4 Å². The van der Waals surface area contributed by atoms with E-state index < -0.39 is 5.82 Å². The van der Waals surface area contributed by atoms with Gasteiger partial charge >= 0.3 is 0 Å². The van der Waals surface area contributed by atoms with Crippen molar-refractivity contribution in [1.29, 1.82) is 0 Å². The number of H-pyrrole nitrogens is 1. The Labute approximate surface area is 131 Å². The van der Waals surface area contributed by atoms with Crippen LogP contribution in [0.4, 0.5) is 4.39 Å². The lowest BCUT2D eigenvalue weighted by atomic mass is 10.0. The monoisotopic (exact) mass is 317 g/mol. The van der Waals surface area contributed by atoms with E-state index in [1.807, 2.05) is 13.0 Å². The number of carbonyl (C=O) groups is 1. The molecule has 1 aromatic heterocycles. The number of aryl methyl sites for hydroxylation is 1. The van der Waals surface area contributed by atoms with E-state index in [9.17, 15) is 9.18 Å². The van der Waals surface area contributed by atoms with Crippen LogP contribution in [0.25, 0.3) is 22.2 Å². The van der Waals surface area contributed by atoms with Gasteiger partial charge in [-0.25, -0.2) is 4.39 Å². The fourth-order valence-corrected chi connectivity index (χ4v) is 2.93. The average molecular weight is 318 g/mol. The Hall–Kier alpha value is -2.33. The summed E-state index contributed by atoms with van der Waals surface area (Å²) in [5.41, 5.74) is 3.16. The third-order valence-corrected chi connectivity index (χ3v) is 3.88. The minimum atomic E-state index is -0.402. The molecule has 0 fully saturated rings. The van der Waals surface area contributed by atoms with Crippen LogP contribution < -0.4 is 4.74 Å². The number of aromatic nitrogens is 1. The largest absolute Gasteiger partial charge is 0.496 e. The predicted molar refractivity (Wildman–Crippen MR) is 85.4 cm³/mol. The maximum absolute atomic E-state index is 13.6. The minimum Gasteiger partial charge on any atom is -0.496 e. The number of halogens is 2. The second-order valence-electron chi connectivity index (χ2n) is 5.02. The highest BCUT2D eigenvalue weighted by Crippen LogP contribution is 2.37. The standard InChI is InChI=1S/C17H13ClFNO2/c1-9-5-10(18)6-12-14(8-21)17(20-16(9)12)13-7-11(19)3-4-15(13)22-2/h3-8,20H,1-2H3. The lowest BCUT2D eigenvalue weighted by molar-refractivity contribution is 0.112. The SMILES string of the molecule is COc1ccc(F)cc1-c1[nH]c2c(C)cc(Cl)cc2c1C=O. The summed E-state index contributed by atoms with van der Waals surface area (Å²) in [5.74, 6) is 0.0841. The van der Waals surface area contributed by atoms with Crippen LogP contribution in [0, 0.1) is 12.7 Å². The van der Waals surface area contributed by atoms with Crippen molar-refractivity contribution in [3.63, 3.8) is 0 Å². The lowest BCUT2D eigenvalue weighted by Gasteiger charge is -2.07. The van der Waals surface area contributed by atoms with Crippen molar-refractivity contribution in [2.75, 3.05) is 7.11 Å². The van der Waals surface area contributed by atoms with E-state index >= 15 is 0 Å². The summed E-state index contributed by atoms with van der Waals surface area (Å²) < 4.78 is 18.9. The van der Waals surface area contributed by atoms with Crippen molar-refractivity contribution in [3.05, 3.63) is 52.3 Å². The van der Waals surface area contributed by atoms with Gasteiger partial charge in [-0.2, -0.15) is 0 Å². The molecule has 5 heteroatoms. The Morgan fingerprint density at radius 1 is 1.27 bits per heavy atom. The van der Waals surface area contributed by atoms with E-state index in [1.165, 1.54) is 25.3 Å². The van der Waals surface area contributed by atoms with Gasteiger partial charge in [-0.1, -0.05) is 11.6 Å². The minimum absolute atomic E-state index is 0.402. The van der Waals surface area contributed by atoms with Gasteiger partial charge < -0.3 is 9.72 Å². The third-order valence-electron chi connectivity index (χ3n) is 3.66. The third kappa shape index (κ3) is 2.25. The fraction of sp³-hybridized carbons (Fsp3) is 0.118. The van der Waals surface area contributed by atoms with Gasteiger partial charge in [-0.15, -0.1) is 0 Å². The van der Waals surface area contributed by atoms with Crippen molar-refractivity contribution in [1.82, 2.24) is 4.98 Å². The number of ether oxygens (including phenoxy) is 1. The second kappa shape index (κ2) is 5.46. The summed E-state index contributed by atoms with van der Waals surface area (Å²) in [4.78, 5) is 14.8. The van der Waals surface area contributed by atoms with Gasteiger partial charge in [0, 0.05) is 27.1 Å². The molecular weight excluding hydrogens is 305 g/mol. The summed E-state index contributed by atoms with van der Waals surface area (Å²) >= 11 is 6.08. The molecule has 0 bridgehead atoms. The summed E-state index contributed by atoms with van der Waals surface area (Å²) in [6.45, 7) is 1.89. The number of rotatable bonds is 3. The fourth-order valence-electron chi connectivity index (χ4n) is 2.66. The van der Waals surface area contributed by atoms with Gasteiger partial charge in [0.15, 0.2) is 6.29 Å². The molecule has 0 amide bonds. The van der Waals surface area contributed by atoms with E-state index in [1.54, 1.807) is 6.07 Å². The molecule has 112 valence electrons. The molecule has 3 nitrogen and oxygen atoms in total. The Morgan fingerprint density at radius 2 is 2.05 bits per heavy atom. The van der Waals surface area contributed by atoms with Crippen molar-refractivity contribution >= 4 is 28.8 Å². The average Bonchev–Trinajstić information content (AvgIpc) is 2.85. The summed E-state index contributed by atoms with van der Waals surface area (Å²) in [5, 5.41) is 1.26. The highest BCUT2D eigenvalue weighted by Gasteiger charge is 2.18. The molecule has 1 N–H and O–H groups in total. The molecule has 0 unspecified atom stereocenters. The van der Waals surface area contributed by atoms with Crippen LogP contribution >= 0.6 is 11.6 Å². The van der Waals surface area contributed by atoms with E-state index in [4.69, 9.17) is 16.3 Å². The zero-order chi connectivity index (χ0) is 15.9. The molecule has 0 atom stereocenters. The van der Waals surface area contributed by atoms with Crippen LogP contribution in [0.2, 0.25) is 5.02 Å². The Morgan fingerprint density at radius 3 is 2.73 bits per heavy atom. The van der Waals surface area contributed by atoms with Crippen molar-refractivity contribution in [3.8, 4) is 17.0 Å². The number of nitrogens with one attached hydrogen (secondary N) is 1. The number of aromatic amines is 1. The van der Waals surface area contributed by atoms with Crippen LogP contribution in [-0.2, 0) is 0 Å². The summed E-state index contributed by atoms with van der Waals surface area (Å²) in [6.07, 6.45) is 0.744. The van der Waals surface area contributed by atoms with Crippen LogP contribution in [0.1, 0.15) is 15.9 Å². The van der Waals surface area contributed by atoms with Crippen LogP contribution in [0.3, 0.4) is 0 Å². The van der Waals surface area contributed by atoms with Gasteiger partial charge in [0.1, 0.15) is 11.6 Å². The molecule has 1 heterocycles. The molecule has 22 heavy (non-hydrogen) atoms. The number of hydrogen-bond acceptors (Lipinski definition) is 2. The smallest absolute Gasteiger partial charge is 0.152 e. The Kier molecular flexibility index (Phi) is 3.62. The summed E-state index contributed by atoms with van der Waals surface area (Å²) in [7, 11) is 1.50. The predicted octanol–water partition coefficient (Wildman–Crippen LogP) is 4.76. The summed E-state index contributed by atoms with van der Waals surface area (Å²) in [6, 6.07) is 7.72. The van der Waals surface area contributed by atoms with Gasteiger partial charge in [-0.05, 0) is 42.8 Å². The number of carbonyl (C=O) groups excluding carboxylic acids is 1. The second-order valence-corrected chi connectivity index (χ2v) is 5.46. The first-order valence-electron chi connectivity index (χ1n) is 6.66. The van der Waals surface area contributed by atoms with Crippen LogP contribution in [0.5, 0.6) is 5.75 Å².